The van der Waals surface area contributed by atoms with Crippen molar-refractivity contribution < 1.29 is 4.74 Å². The minimum atomic E-state index is 0.721. The number of pyridine rings is 1. The molecule has 2 aliphatic rings. The SMILES string of the molecule is c1ccc2c(OCCC3CC3)ncc(CNC3CC3)c2c1. The lowest BCUT2D eigenvalue weighted by atomic mass is 10.1. The Morgan fingerprint density at radius 3 is 2.67 bits per heavy atom. The predicted molar refractivity (Wildman–Crippen MR) is 84.4 cm³/mol. The van der Waals surface area contributed by atoms with E-state index in [0.717, 1.165) is 36.4 Å². The van der Waals surface area contributed by atoms with Crippen LogP contribution >= 0.6 is 0 Å². The first-order valence-electron chi connectivity index (χ1n) is 8.13. The van der Waals surface area contributed by atoms with Crippen LogP contribution in [0.15, 0.2) is 30.5 Å². The minimum Gasteiger partial charge on any atom is -0.477 e. The quantitative estimate of drug-likeness (QED) is 0.841. The van der Waals surface area contributed by atoms with Crippen molar-refractivity contribution in [3.63, 3.8) is 0 Å². The molecule has 4 rings (SSSR count). The van der Waals surface area contributed by atoms with Gasteiger partial charge in [0.1, 0.15) is 0 Å². The number of ether oxygens (including phenoxy) is 1. The second-order valence-corrected chi connectivity index (χ2v) is 6.37. The van der Waals surface area contributed by atoms with Crippen molar-refractivity contribution in [1.82, 2.24) is 10.3 Å². The zero-order valence-corrected chi connectivity index (χ0v) is 12.3. The molecule has 2 fully saturated rings. The van der Waals surface area contributed by atoms with Gasteiger partial charge in [-0.2, -0.15) is 0 Å². The van der Waals surface area contributed by atoms with E-state index < -0.39 is 0 Å². The second-order valence-electron chi connectivity index (χ2n) is 6.37. The summed E-state index contributed by atoms with van der Waals surface area (Å²) in [5.41, 5.74) is 1.27. The fourth-order valence-corrected chi connectivity index (χ4v) is 2.75. The van der Waals surface area contributed by atoms with Gasteiger partial charge in [0.25, 0.3) is 0 Å². The fraction of sp³-hybridized carbons (Fsp3) is 0.500. The van der Waals surface area contributed by atoms with Crippen molar-refractivity contribution in [2.24, 2.45) is 5.92 Å². The lowest BCUT2D eigenvalue weighted by molar-refractivity contribution is 0.295. The predicted octanol–water partition coefficient (Wildman–Crippen LogP) is 3.67. The molecular formula is C18H22N2O. The van der Waals surface area contributed by atoms with Crippen LogP contribution in [0, 0.1) is 5.92 Å². The first-order valence-corrected chi connectivity index (χ1v) is 8.13. The molecule has 0 bridgehead atoms. The van der Waals surface area contributed by atoms with Gasteiger partial charge in [-0.05, 0) is 42.2 Å². The molecule has 0 spiro atoms. The lowest BCUT2D eigenvalue weighted by Crippen LogP contribution is -2.15. The molecule has 2 saturated carbocycles. The Morgan fingerprint density at radius 2 is 1.90 bits per heavy atom. The van der Waals surface area contributed by atoms with E-state index in [-0.39, 0.29) is 0 Å². The maximum Gasteiger partial charge on any atom is 0.221 e. The van der Waals surface area contributed by atoms with Crippen molar-refractivity contribution in [2.75, 3.05) is 6.61 Å². The Kier molecular flexibility index (Phi) is 3.52. The maximum absolute atomic E-state index is 5.93. The Hall–Kier alpha value is -1.61. The summed E-state index contributed by atoms with van der Waals surface area (Å²) >= 11 is 0. The fourth-order valence-electron chi connectivity index (χ4n) is 2.75. The lowest BCUT2D eigenvalue weighted by Gasteiger charge is -2.12. The summed E-state index contributed by atoms with van der Waals surface area (Å²) in [7, 11) is 0. The van der Waals surface area contributed by atoms with E-state index in [0.29, 0.717) is 0 Å². The highest BCUT2D eigenvalue weighted by molar-refractivity contribution is 5.89. The molecule has 0 unspecified atom stereocenters. The second kappa shape index (κ2) is 5.64. The van der Waals surface area contributed by atoms with Crippen LogP contribution in [0.4, 0.5) is 0 Å². The molecule has 2 aromatic rings. The molecule has 1 aromatic carbocycles. The van der Waals surface area contributed by atoms with E-state index in [2.05, 4.69) is 34.6 Å². The number of fused-ring (bicyclic) bond motifs is 1. The third-order valence-corrected chi connectivity index (χ3v) is 4.46. The van der Waals surface area contributed by atoms with Crippen molar-refractivity contribution in [1.29, 1.82) is 0 Å². The van der Waals surface area contributed by atoms with Gasteiger partial charge >= 0.3 is 0 Å². The summed E-state index contributed by atoms with van der Waals surface area (Å²) in [6.45, 7) is 1.70. The molecule has 0 radical (unpaired) electrons. The van der Waals surface area contributed by atoms with E-state index in [1.807, 2.05) is 6.20 Å². The highest BCUT2D eigenvalue weighted by Crippen LogP contribution is 2.33. The summed E-state index contributed by atoms with van der Waals surface area (Å²) < 4.78 is 5.93. The zero-order valence-electron chi connectivity index (χ0n) is 12.3. The van der Waals surface area contributed by atoms with Crippen LogP contribution in [-0.2, 0) is 6.54 Å². The van der Waals surface area contributed by atoms with Gasteiger partial charge in [0.2, 0.25) is 5.88 Å². The summed E-state index contributed by atoms with van der Waals surface area (Å²) in [5, 5.41) is 5.98. The van der Waals surface area contributed by atoms with E-state index in [9.17, 15) is 0 Å². The number of rotatable bonds is 7. The molecule has 21 heavy (non-hydrogen) atoms. The number of hydrogen-bond donors (Lipinski definition) is 1. The molecule has 0 atom stereocenters. The van der Waals surface area contributed by atoms with Gasteiger partial charge in [-0.3, -0.25) is 0 Å². The minimum absolute atomic E-state index is 0.721. The van der Waals surface area contributed by atoms with Gasteiger partial charge in [-0.25, -0.2) is 4.98 Å². The van der Waals surface area contributed by atoms with Crippen LogP contribution < -0.4 is 10.1 Å². The number of nitrogens with zero attached hydrogens (tertiary/aromatic N) is 1. The van der Waals surface area contributed by atoms with Crippen molar-refractivity contribution in [2.45, 2.75) is 44.7 Å². The number of nitrogens with one attached hydrogen (secondary N) is 1. The summed E-state index contributed by atoms with van der Waals surface area (Å²) in [5.74, 6) is 1.69. The monoisotopic (exact) mass is 282 g/mol. The summed E-state index contributed by atoms with van der Waals surface area (Å²) in [6.07, 6.45) is 8.53. The van der Waals surface area contributed by atoms with Crippen molar-refractivity contribution in [3.05, 3.63) is 36.0 Å². The third-order valence-electron chi connectivity index (χ3n) is 4.46. The third kappa shape index (κ3) is 3.18. The Balaban J connectivity index is 1.53. The van der Waals surface area contributed by atoms with Crippen LogP contribution in [0.1, 0.15) is 37.7 Å². The van der Waals surface area contributed by atoms with Crippen molar-refractivity contribution in [3.8, 4) is 5.88 Å². The Labute approximate surface area is 125 Å². The van der Waals surface area contributed by atoms with Crippen LogP contribution in [0.3, 0.4) is 0 Å². The van der Waals surface area contributed by atoms with Gasteiger partial charge in [0.05, 0.1) is 6.61 Å². The first-order chi connectivity index (χ1) is 10.4. The topological polar surface area (TPSA) is 34.1 Å². The average molecular weight is 282 g/mol. The molecule has 1 aromatic heterocycles. The van der Waals surface area contributed by atoms with Gasteiger partial charge in [0.15, 0.2) is 0 Å². The molecule has 0 aliphatic heterocycles. The molecule has 110 valence electrons. The van der Waals surface area contributed by atoms with Crippen LogP contribution in [0.2, 0.25) is 0 Å². The standard InChI is InChI=1S/C18H22N2O/c1-2-4-17-16(3-1)14(11-19-15-7-8-15)12-20-18(17)21-10-9-13-5-6-13/h1-4,12-13,15,19H,5-11H2. The Morgan fingerprint density at radius 1 is 1.10 bits per heavy atom. The molecule has 3 heteroatoms. The zero-order chi connectivity index (χ0) is 14.1. The van der Waals surface area contributed by atoms with Crippen LogP contribution in [0.25, 0.3) is 10.8 Å². The number of aromatic nitrogens is 1. The smallest absolute Gasteiger partial charge is 0.221 e. The molecule has 0 saturated heterocycles. The molecule has 1 heterocycles. The largest absolute Gasteiger partial charge is 0.477 e. The van der Waals surface area contributed by atoms with E-state index in [1.165, 1.54) is 43.1 Å². The normalized spacial score (nSPS) is 18.1. The van der Waals surface area contributed by atoms with E-state index in [4.69, 9.17) is 4.74 Å². The summed E-state index contributed by atoms with van der Waals surface area (Å²) in [6, 6.07) is 9.18. The van der Waals surface area contributed by atoms with E-state index in [1.54, 1.807) is 0 Å². The molecule has 3 nitrogen and oxygen atoms in total. The maximum atomic E-state index is 5.93. The highest BCUT2D eigenvalue weighted by Gasteiger charge is 2.22. The number of benzene rings is 1. The molecule has 2 aliphatic carbocycles. The Bertz CT molecular complexity index is 632. The van der Waals surface area contributed by atoms with Gasteiger partial charge in [-0.15, -0.1) is 0 Å². The average Bonchev–Trinajstić information content (AvgIpc) is 3.40. The first kappa shape index (κ1) is 13.1. The van der Waals surface area contributed by atoms with E-state index >= 15 is 0 Å². The van der Waals surface area contributed by atoms with Gasteiger partial charge in [0, 0.05) is 24.2 Å². The molecule has 1 N–H and O–H groups in total. The molecule has 0 amide bonds. The number of hydrogen-bond acceptors (Lipinski definition) is 3. The van der Waals surface area contributed by atoms with Gasteiger partial charge < -0.3 is 10.1 Å². The van der Waals surface area contributed by atoms with Crippen molar-refractivity contribution >= 4 is 10.8 Å². The van der Waals surface area contributed by atoms with Crippen LogP contribution in [-0.4, -0.2) is 17.6 Å². The summed E-state index contributed by atoms with van der Waals surface area (Å²) in [4.78, 5) is 4.56. The van der Waals surface area contributed by atoms with Gasteiger partial charge in [-0.1, -0.05) is 31.0 Å². The van der Waals surface area contributed by atoms with Crippen LogP contribution in [0.5, 0.6) is 5.88 Å². The highest BCUT2D eigenvalue weighted by atomic mass is 16.5. The molecular weight excluding hydrogens is 260 g/mol.